The Balaban J connectivity index is 1.60. The molecule has 0 aromatic heterocycles. The highest BCUT2D eigenvalue weighted by Gasteiger charge is 2.30. The van der Waals surface area contributed by atoms with Gasteiger partial charge in [-0.2, -0.15) is 0 Å². The molecular weight excluding hydrogens is 304 g/mol. The smallest absolute Gasteiger partial charge is 0.262 e. The number of hydrogen-bond acceptors (Lipinski definition) is 3. The number of amides is 2. The summed E-state index contributed by atoms with van der Waals surface area (Å²) in [4.78, 5) is 24.2. The molecule has 1 heterocycles. The maximum absolute atomic E-state index is 12.8. The first-order valence-electron chi connectivity index (χ1n) is 8.09. The van der Waals surface area contributed by atoms with E-state index in [0.717, 1.165) is 6.42 Å². The summed E-state index contributed by atoms with van der Waals surface area (Å²) < 4.78 is 5.47. The van der Waals surface area contributed by atoms with Gasteiger partial charge in [0.25, 0.3) is 11.8 Å². The van der Waals surface area contributed by atoms with E-state index in [0.29, 0.717) is 22.9 Å². The second-order valence-corrected chi connectivity index (χ2v) is 6.31. The molecule has 0 unspecified atom stereocenters. The van der Waals surface area contributed by atoms with Crippen LogP contribution in [0.3, 0.4) is 0 Å². The van der Waals surface area contributed by atoms with Gasteiger partial charge in [-0.1, -0.05) is 37.3 Å². The lowest BCUT2D eigenvalue weighted by Gasteiger charge is -2.21. The number of benzene rings is 2. The number of ether oxygens (including phenoxy) is 1. The average molecular weight is 322 g/mol. The molecular formula is C19H18N2O3. The van der Waals surface area contributed by atoms with Gasteiger partial charge in [0.15, 0.2) is 12.4 Å². The molecule has 122 valence electrons. The second kappa shape index (κ2) is 5.67. The summed E-state index contributed by atoms with van der Waals surface area (Å²) in [6, 6.07) is 13.4. The summed E-state index contributed by atoms with van der Waals surface area (Å²) in [6.07, 6.45) is 0.887. The Morgan fingerprint density at radius 1 is 1.17 bits per heavy atom. The maximum atomic E-state index is 12.8. The first-order chi connectivity index (χ1) is 11.6. The van der Waals surface area contributed by atoms with Crippen molar-refractivity contribution in [3.63, 3.8) is 0 Å². The van der Waals surface area contributed by atoms with Gasteiger partial charge in [-0.3, -0.25) is 9.59 Å². The van der Waals surface area contributed by atoms with Gasteiger partial charge < -0.3 is 15.4 Å². The van der Waals surface area contributed by atoms with Crippen molar-refractivity contribution in [1.82, 2.24) is 5.32 Å². The van der Waals surface area contributed by atoms with Gasteiger partial charge >= 0.3 is 0 Å². The quantitative estimate of drug-likeness (QED) is 0.893. The minimum absolute atomic E-state index is 0.00209. The van der Waals surface area contributed by atoms with E-state index in [1.165, 1.54) is 11.1 Å². The van der Waals surface area contributed by atoms with Crippen LogP contribution in [0.4, 0.5) is 5.69 Å². The molecule has 0 fully saturated rings. The SMILES string of the molecule is C[C@@H]1C[C@@H](NC(=O)c2cccc3c2OCC(=O)N3)c2ccccc21. The molecule has 2 N–H and O–H groups in total. The molecule has 0 spiro atoms. The van der Waals surface area contributed by atoms with Gasteiger partial charge in [0, 0.05) is 0 Å². The third kappa shape index (κ3) is 2.42. The Hall–Kier alpha value is -2.82. The first kappa shape index (κ1) is 14.8. The lowest BCUT2D eigenvalue weighted by molar-refractivity contribution is -0.118. The zero-order chi connectivity index (χ0) is 16.7. The number of anilines is 1. The molecule has 2 aliphatic rings. The summed E-state index contributed by atoms with van der Waals surface area (Å²) in [5.74, 6) is 0.469. The van der Waals surface area contributed by atoms with E-state index in [1.54, 1.807) is 18.2 Å². The zero-order valence-electron chi connectivity index (χ0n) is 13.3. The van der Waals surface area contributed by atoms with E-state index >= 15 is 0 Å². The minimum Gasteiger partial charge on any atom is -0.481 e. The van der Waals surface area contributed by atoms with Crippen molar-refractivity contribution < 1.29 is 14.3 Å². The maximum Gasteiger partial charge on any atom is 0.262 e. The van der Waals surface area contributed by atoms with Gasteiger partial charge in [0.05, 0.1) is 17.3 Å². The van der Waals surface area contributed by atoms with Gasteiger partial charge in [-0.05, 0) is 35.6 Å². The lowest BCUT2D eigenvalue weighted by Crippen LogP contribution is -2.30. The number of hydrogen-bond donors (Lipinski definition) is 2. The highest BCUT2D eigenvalue weighted by atomic mass is 16.5. The van der Waals surface area contributed by atoms with Crippen LogP contribution >= 0.6 is 0 Å². The summed E-state index contributed by atoms with van der Waals surface area (Å²) in [6.45, 7) is 2.11. The van der Waals surface area contributed by atoms with Crippen molar-refractivity contribution in [2.45, 2.75) is 25.3 Å². The molecule has 5 heteroatoms. The lowest BCUT2D eigenvalue weighted by atomic mass is 10.0. The van der Waals surface area contributed by atoms with Crippen LogP contribution in [0.25, 0.3) is 0 Å². The topological polar surface area (TPSA) is 67.4 Å². The van der Waals surface area contributed by atoms with Crippen molar-refractivity contribution in [2.24, 2.45) is 0 Å². The van der Waals surface area contributed by atoms with Crippen LogP contribution in [0.5, 0.6) is 5.75 Å². The Morgan fingerprint density at radius 2 is 1.96 bits per heavy atom. The van der Waals surface area contributed by atoms with Gasteiger partial charge in [0.1, 0.15) is 0 Å². The predicted molar refractivity (Wildman–Crippen MR) is 90.2 cm³/mol. The van der Waals surface area contributed by atoms with Crippen LogP contribution in [0, 0.1) is 0 Å². The molecule has 0 radical (unpaired) electrons. The van der Waals surface area contributed by atoms with Crippen LogP contribution in [0.1, 0.15) is 46.8 Å². The fourth-order valence-corrected chi connectivity index (χ4v) is 3.55. The van der Waals surface area contributed by atoms with E-state index in [2.05, 4.69) is 29.7 Å². The van der Waals surface area contributed by atoms with Crippen molar-refractivity contribution in [3.8, 4) is 5.75 Å². The highest BCUT2D eigenvalue weighted by molar-refractivity contribution is 6.03. The third-order valence-electron chi connectivity index (χ3n) is 4.68. The van der Waals surface area contributed by atoms with Gasteiger partial charge in [-0.25, -0.2) is 0 Å². The number of carbonyl (C=O) groups is 2. The Bertz CT molecular complexity index is 831. The number of carbonyl (C=O) groups excluding carboxylic acids is 2. The number of para-hydroxylation sites is 1. The minimum atomic E-state index is -0.210. The van der Waals surface area contributed by atoms with E-state index in [-0.39, 0.29) is 24.5 Å². The van der Waals surface area contributed by atoms with Crippen molar-refractivity contribution in [1.29, 1.82) is 0 Å². The second-order valence-electron chi connectivity index (χ2n) is 6.31. The molecule has 24 heavy (non-hydrogen) atoms. The third-order valence-corrected chi connectivity index (χ3v) is 4.68. The predicted octanol–water partition coefficient (Wildman–Crippen LogP) is 3.00. The highest BCUT2D eigenvalue weighted by Crippen LogP contribution is 2.40. The van der Waals surface area contributed by atoms with Crippen LogP contribution in [-0.2, 0) is 4.79 Å². The Kier molecular flexibility index (Phi) is 3.49. The molecule has 2 amide bonds. The van der Waals surface area contributed by atoms with Gasteiger partial charge in [-0.15, -0.1) is 0 Å². The zero-order valence-corrected chi connectivity index (χ0v) is 13.3. The summed E-state index contributed by atoms with van der Waals surface area (Å²) in [7, 11) is 0. The number of rotatable bonds is 2. The summed E-state index contributed by atoms with van der Waals surface area (Å²) >= 11 is 0. The molecule has 1 aliphatic carbocycles. The standard InChI is InChI=1S/C19H18N2O3/c1-11-9-16(13-6-3-2-5-12(11)13)21-19(23)14-7-4-8-15-18(14)24-10-17(22)20-15/h2-8,11,16H,9-10H2,1H3,(H,20,22)(H,21,23)/t11-,16-/m1/s1. The Morgan fingerprint density at radius 3 is 2.79 bits per heavy atom. The van der Waals surface area contributed by atoms with Crippen molar-refractivity contribution in [2.75, 3.05) is 11.9 Å². The molecule has 0 bridgehead atoms. The molecule has 2 atom stereocenters. The molecule has 5 nitrogen and oxygen atoms in total. The molecule has 2 aromatic rings. The number of nitrogens with one attached hydrogen (secondary N) is 2. The largest absolute Gasteiger partial charge is 0.481 e. The number of fused-ring (bicyclic) bond motifs is 2. The van der Waals surface area contributed by atoms with Crippen LogP contribution in [0.15, 0.2) is 42.5 Å². The fourth-order valence-electron chi connectivity index (χ4n) is 3.55. The van der Waals surface area contributed by atoms with Crippen molar-refractivity contribution in [3.05, 3.63) is 59.2 Å². The van der Waals surface area contributed by atoms with E-state index in [4.69, 9.17) is 4.74 Å². The average Bonchev–Trinajstić information content (AvgIpc) is 2.90. The fraction of sp³-hybridized carbons (Fsp3) is 0.263. The van der Waals surface area contributed by atoms with E-state index in [9.17, 15) is 9.59 Å². The molecule has 0 saturated heterocycles. The van der Waals surface area contributed by atoms with Crippen LogP contribution < -0.4 is 15.4 Å². The molecule has 4 rings (SSSR count). The first-order valence-corrected chi connectivity index (χ1v) is 8.09. The van der Waals surface area contributed by atoms with Crippen molar-refractivity contribution >= 4 is 17.5 Å². The normalized spacial score (nSPS) is 21.3. The van der Waals surface area contributed by atoms with E-state index < -0.39 is 0 Å². The summed E-state index contributed by atoms with van der Waals surface area (Å²) in [5, 5.41) is 5.84. The van der Waals surface area contributed by atoms with Gasteiger partial charge in [0.2, 0.25) is 0 Å². The van der Waals surface area contributed by atoms with Crippen LogP contribution in [-0.4, -0.2) is 18.4 Å². The monoisotopic (exact) mass is 322 g/mol. The van der Waals surface area contributed by atoms with E-state index in [1.807, 2.05) is 12.1 Å². The van der Waals surface area contributed by atoms with Crippen LogP contribution in [0.2, 0.25) is 0 Å². The Labute approximate surface area is 140 Å². The molecule has 1 aliphatic heterocycles. The molecule has 2 aromatic carbocycles. The summed E-state index contributed by atoms with van der Waals surface area (Å²) in [5.41, 5.74) is 3.46. The molecule has 0 saturated carbocycles.